The Bertz CT molecular complexity index is 608. The van der Waals surface area contributed by atoms with Gasteiger partial charge in [0.1, 0.15) is 6.61 Å². The lowest BCUT2D eigenvalue weighted by Crippen LogP contribution is -2.19. The van der Waals surface area contributed by atoms with Gasteiger partial charge in [0, 0.05) is 5.56 Å². The molecule has 9 heteroatoms. The summed E-state index contributed by atoms with van der Waals surface area (Å²) in [7, 11) is 1.41. The molecule has 1 aliphatic heterocycles. The summed E-state index contributed by atoms with van der Waals surface area (Å²) in [6.07, 6.45) is -1.25. The van der Waals surface area contributed by atoms with Gasteiger partial charge in [0.2, 0.25) is 5.91 Å². The van der Waals surface area contributed by atoms with Crippen LogP contribution in [0.2, 0.25) is 0 Å². The number of benzene rings is 1. The summed E-state index contributed by atoms with van der Waals surface area (Å²) in [5.74, 6) is 0.649. The Morgan fingerprint density at radius 2 is 2.32 bits per heavy atom. The maximum Gasteiger partial charge on any atom is 0.272 e. The normalized spacial score (nSPS) is 16.5. The van der Waals surface area contributed by atoms with Crippen LogP contribution >= 0.6 is 11.8 Å². The summed E-state index contributed by atoms with van der Waals surface area (Å²) in [6, 6.07) is 4.90. The van der Waals surface area contributed by atoms with E-state index in [4.69, 9.17) is 9.47 Å². The number of carbonyl (C=O) groups is 1. The number of rotatable bonds is 6. The van der Waals surface area contributed by atoms with Crippen molar-refractivity contribution in [2.45, 2.75) is 6.43 Å². The Kier molecular flexibility index (Phi) is 5.70. The minimum Gasteiger partial charge on any atom is -0.493 e. The molecule has 2 rings (SSSR count). The van der Waals surface area contributed by atoms with Crippen LogP contribution in [0.15, 0.2) is 28.4 Å². The number of ether oxygens (including phenoxy) is 2. The van der Waals surface area contributed by atoms with E-state index in [0.717, 1.165) is 0 Å². The van der Waals surface area contributed by atoms with Crippen LogP contribution in [0.5, 0.6) is 11.5 Å². The predicted molar refractivity (Wildman–Crippen MR) is 80.1 cm³/mol. The van der Waals surface area contributed by atoms with Gasteiger partial charge in [-0.3, -0.25) is 4.79 Å². The van der Waals surface area contributed by atoms with Gasteiger partial charge in [-0.2, -0.15) is 5.10 Å². The number of carbonyl (C=O) groups excluding carboxylic acids is 1. The first-order valence-electron chi connectivity index (χ1n) is 6.21. The van der Waals surface area contributed by atoms with Gasteiger partial charge in [-0.15, -0.1) is 5.10 Å². The molecule has 1 aromatic rings. The smallest absolute Gasteiger partial charge is 0.272 e. The van der Waals surface area contributed by atoms with E-state index in [1.165, 1.54) is 25.1 Å². The SMILES string of the molecule is COc1cccc(C=NN=C2NC(=O)CS2)c1OCC(F)F. The van der Waals surface area contributed by atoms with E-state index in [2.05, 4.69) is 15.5 Å². The zero-order chi connectivity index (χ0) is 15.9. The van der Waals surface area contributed by atoms with Crippen molar-refractivity contribution in [3.05, 3.63) is 23.8 Å². The molecule has 1 amide bonds. The first-order valence-corrected chi connectivity index (χ1v) is 7.20. The van der Waals surface area contributed by atoms with Crippen molar-refractivity contribution in [3.63, 3.8) is 0 Å². The van der Waals surface area contributed by atoms with Crippen molar-refractivity contribution in [1.29, 1.82) is 0 Å². The van der Waals surface area contributed by atoms with E-state index in [1.54, 1.807) is 18.2 Å². The van der Waals surface area contributed by atoms with E-state index < -0.39 is 13.0 Å². The van der Waals surface area contributed by atoms with E-state index >= 15 is 0 Å². The lowest BCUT2D eigenvalue weighted by Gasteiger charge is -2.12. The quantitative estimate of drug-likeness (QED) is 0.639. The number of thioether (sulfide) groups is 1. The van der Waals surface area contributed by atoms with Gasteiger partial charge in [-0.1, -0.05) is 17.8 Å². The van der Waals surface area contributed by atoms with Gasteiger partial charge in [0.15, 0.2) is 16.7 Å². The number of amidine groups is 1. The van der Waals surface area contributed by atoms with Crippen molar-refractivity contribution in [3.8, 4) is 11.5 Å². The third-order valence-electron chi connectivity index (χ3n) is 2.51. The van der Waals surface area contributed by atoms with Crippen LogP contribution in [0, 0.1) is 0 Å². The Balaban J connectivity index is 2.16. The number of hydrogen-bond acceptors (Lipinski definition) is 6. The number of amides is 1. The summed E-state index contributed by atoms with van der Waals surface area (Å²) >= 11 is 1.23. The van der Waals surface area contributed by atoms with Gasteiger partial charge in [0.25, 0.3) is 6.43 Å². The predicted octanol–water partition coefficient (Wildman–Crippen LogP) is 1.89. The van der Waals surface area contributed by atoms with Crippen LogP contribution in [-0.2, 0) is 4.79 Å². The molecular formula is C13H13F2N3O3S. The third kappa shape index (κ3) is 4.42. The monoisotopic (exact) mass is 329 g/mol. The molecule has 1 fully saturated rings. The lowest BCUT2D eigenvalue weighted by molar-refractivity contribution is -0.116. The van der Waals surface area contributed by atoms with Crippen LogP contribution in [0.25, 0.3) is 0 Å². The molecule has 0 saturated carbocycles. The highest BCUT2D eigenvalue weighted by Crippen LogP contribution is 2.30. The van der Waals surface area contributed by atoms with Gasteiger partial charge in [-0.25, -0.2) is 8.78 Å². The Labute approximate surface area is 129 Å². The van der Waals surface area contributed by atoms with Crippen molar-refractivity contribution < 1.29 is 23.0 Å². The second-order valence-corrected chi connectivity index (χ2v) is 5.03. The molecule has 1 aliphatic rings. The van der Waals surface area contributed by atoms with E-state index in [-0.39, 0.29) is 11.7 Å². The van der Waals surface area contributed by atoms with E-state index in [0.29, 0.717) is 22.2 Å². The van der Waals surface area contributed by atoms with Crippen LogP contribution in [0.4, 0.5) is 8.78 Å². The summed E-state index contributed by atoms with van der Waals surface area (Å²) in [5.41, 5.74) is 0.443. The fourth-order valence-electron chi connectivity index (χ4n) is 1.62. The van der Waals surface area contributed by atoms with Crippen LogP contribution in [0.3, 0.4) is 0 Å². The molecule has 0 aromatic heterocycles. The van der Waals surface area contributed by atoms with Crippen LogP contribution in [0.1, 0.15) is 5.56 Å². The molecule has 1 aromatic carbocycles. The second-order valence-electron chi connectivity index (χ2n) is 4.07. The molecule has 0 unspecified atom stereocenters. The number of nitrogens with one attached hydrogen (secondary N) is 1. The second kappa shape index (κ2) is 7.74. The van der Waals surface area contributed by atoms with Crippen LogP contribution < -0.4 is 14.8 Å². The molecule has 0 radical (unpaired) electrons. The topological polar surface area (TPSA) is 72.3 Å². The van der Waals surface area contributed by atoms with Crippen molar-refractivity contribution >= 4 is 29.1 Å². The lowest BCUT2D eigenvalue weighted by atomic mass is 10.2. The molecule has 118 valence electrons. The summed E-state index contributed by atoms with van der Waals surface area (Å²) in [5, 5.41) is 10.6. The third-order valence-corrected chi connectivity index (χ3v) is 3.38. The summed E-state index contributed by atoms with van der Waals surface area (Å²) in [6.45, 7) is -0.748. The number of hydrogen-bond donors (Lipinski definition) is 1. The number of nitrogens with zero attached hydrogens (tertiary/aromatic N) is 2. The van der Waals surface area contributed by atoms with Crippen molar-refractivity contribution in [2.75, 3.05) is 19.5 Å². The maximum absolute atomic E-state index is 12.3. The molecule has 1 saturated heterocycles. The number of alkyl halides is 2. The molecule has 1 N–H and O–H groups in total. The average molecular weight is 329 g/mol. The van der Waals surface area contributed by atoms with Gasteiger partial charge in [0.05, 0.1) is 19.1 Å². The number of methoxy groups -OCH3 is 1. The van der Waals surface area contributed by atoms with Crippen molar-refractivity contribution in [1.82, 2.24) is 5.32 Å². The van der Waals surface area contributed by atoms with E-state index in [1.807, 2.05) is 0 Å². The molecule has 0 bridgehead atoms. The Morgan fingerprint density at radius 3 is 2.95 bits per heavy atom. The zero-order valence-corrected chi connectivity index (χ0v) is 12.4. The average Bonchev–Trinajstić information content (AvgIpc) is 2.91. The van der Waals surface area contributed by atoms with E-state index in [9.17, 15) is 13.6 Å². The molecule has 1 heterocycles. The summed E-state index contributed by atoms with van der Waals surface area (Å²) in [4.78, 5) is 11.0. The largest absolute Gasteiger partial charge is 0.493 e. The van der Waals surface area contributed by atoms with Gasteiger partial charge >= 0.3 is 0 Å². The standard InChI is InChI=1S/C13H13F2N3O3S/c1-20-9-4-2-3-8(12(9)21-6-10(14)15)5-16-18-13-17-11(19)7-22-13/h2-5,10H,6-7H2,1H3,(H,17,18,19). The minimum absolute atomic E-state index is 0.138. The number of para-hydroxylation sites is 1. The molecule has 0 spiro atoms. The number of halogens is 2. The fourth-order valence-corrected chi connectivity index (χ4v) is 2.25. The fraction of sp³-hybridized carbons (Fsp3) is 0.308. The highest BCUT2D eigenvalue weighted by Gasteiger charge is 2.16. The van der Waals surface area contributed by atoms with Crippen LogP contribution in [-0.4, -0.2) is 43.2 Å². The molecule has 6 nitrogen and oxygen atoms in total. The van der Waals surface area contributed by atoms with Crippen molar-refractivity contribution in [2.24, 2.45) is 10.2 Å². The maximum atomic E-state index is 12.3. The minimum atomic E-state index is -2.60. The first kappa shape index (κ1) is 16.2. The Morgan fingerprint density at radius 1 is 1.50 bits per heavy atom. The highest BCUT2D eigenvalue weighted by molar-refractivity contribution is 8.15. The molecular weight excluding hydrogens is 316 g/mol. The first-order chi connectivity index (χ1) is 10.6. The van der Waals surface area contributed by atoms with Gasteiger partial charge < -0.3 is 14.8 Å². The molecule has 22 heavy (non-hydrogen) atoms. The molecule has 0 atom stereocenters. The molecule has 0 aliphatic carbocycles. The highest BCUT2D eigenvalue weighted by atomic mass is 32.2. The Hall–Kier alpha value is -2.16. The van der Waals surface area contributed by atoms with Gasteiger partial charge in [-0.05, 0) is 12.1 Å². The summed E-state index contributed by atoms with van der Waals surface area (Å²) < 4.78 is 34.8. The zero-order valence-electron chi connectivity index (χ0n) is 11.6.